The minimum absolute atomic E-state index is 0.151. The first-order valence-electron chi connectivity index (χ1n) is 4.77. The fraction of sp³-hybridized carbons (Fsp3) is 0.182. The molecular weight excluding hydrogens is 206 g/mol. The number of nitrogens with zero attached hydrogens (tertiary/aromatic N) is 2. The number of carbonyl (C=O) groups is 1. The summed E-state index contributed by atoms with van der Waals surface area (Å²) in [4.78, 5) is 19.3. The molecule has 0 saturated carbocycles. The van der Waals surface area contributed by atoms with E-state index in [9.17, 15) is 4.79 Å². The van der Waals surface area contributed by atoms with Crippen molar-refractivity contribution < 1.29 is 9.53 Å². The molecule has 0 spiro atoms. The van der Waals surface area contributed by atoms with Crippen molar-refractivity contribution in [3.8, 4) is 5.75 Å². The summed E-state index contributed by atoms with van der Waals surface area (Å²) in [6.45, 7) is 1.44. The molecule has 1 aromatic heterocycles. The third kappa shape index (κ3) is 1.93. The molecular formula is C11H11N3O2. The summed E-state index contributed by atoms with van der Waals surface area (Å²) in [6.07, 6.45) is 3.21. The smallest absolute Gasteiger partial charge is 0.221 e. The Balaban J connectivity index is 2.58. The highest BCUT2D eigenvalue weighted by Gasteiger charge is 2.07. The van der Waals surface area contributed by atoms with Crippen LogP contribution in [0.15, 0.2) is 24.5 Å². The number of fused-ring (bicyclic) bond motifs is 1. The summed E-state index contributed by atoms with van der Waals surface area (Å²) in [7, 11) is 1.54. The fourth-order valence-electron chi connectivity index (χ4n) is 1.45. The SMILES string of the molecule is COc1cc2nccnc2cc1NC(C)=O. The minimum atomic E-state index is -0.151. The Morgan fingerprint density at radius 2 is 1.88 bits per heavy atom. The van der Waals surface area contributed by atoms with Crippen LogP contribution in [-0.4, -0.2) is 23.0 Å². The zero-order valence-electron chi connectivity index (χ0n) is 9.02. The van der Waals surface area contributed by atoms with Gasteiger partial charge in [-0.1, -0.05) is 0 Å². The van der Waals surface area contributed by atoms with Crippen LogP contribution in [0.25, 0.3) is 11.0 Å². The van der Waals surface area contributed by atoms with E-state index in [2.05, 4.69) is 15.3 Å². The van der Waals surface area contributed by atoms with Crippen molar-refractivity contribution in [3.63, 3.8) is 0 Å². The van der Waals surface area contributed by atoms with Gasteiger partial charge in [0.25, 0.3) is 0 Å². The Hall–Kier alpha value is -2.17. The van der Waals surface area contributed by atoms with E-state index in [1.54, 1.807) is 31.6 Å². The molecule has 5 nitrogen and oxygen atoms in total. The second-order valence-electron chi connectivity index (χ2n) is 3.28. The Morgan fingerprint density at radius 1 is 1.25 bits per heavy atom. The third-order valence-electron chi connectivity index (χ3n) is 2.10. The van der Waals surface area contributed by atoms with E-state index in [1.807, 2.05) is 0 Å². The van der Waals surface area contributed by atoms with Crippen LogP contribution < -0.4 is 10.1 Å². The largest absolute Gasteiger partial charge is 0.494 e. The lowest BCUT2D eigenvalue weighted by molar-refractivity contribution is -0.114. The Kier molecular flexibility index (Phi) is 2.68. The van der Waals surface area contributed by atoms with Crippen molar-refractivity contribution in [2.75, 3.05) is 12.4 Å². The quantitative estimate of drug-likeness (QED) is 0.829. The van der Waals surface area contributed by atoms with Gasteiger partial charge in [-0.2, -0.15) is 0 Å². The first-order chi connectivity index (χ1) is 7.70. The molecule has 1 heterocycles. The number of carbonyl (C=O) groups excluding carboxylic acids is 1. The molecule has 0 saturated heterocycles. The summed E-state index contributed by atoms with van der Waals surface area (Å²) in [5.74, 6) is 0.421. The number of hydrogen-bond acceptors (Lipinski definition) is 4. The second kappa shape index (κ2) is 4.14. The number of amides is 1. The Morgan fingerprint density at radius 3 is 2.44 bits per heavy atom. The Labute approximate surface area is 92.5 Å². The van der Waals surface area contributed by atoms with Gasteiger partial charge in [-0.15, -0.1) is 0 Å². The number of nitrogens with one attached hydrogen (secondary N) is 1. The predicted molar refractivity (Wildman–Crippen MR) is 60.4 cm³/mol. The zero-order chi connectivity index (χ0) is 11.5. The number of methoxy groups -OCH3 is 1. The molecule has 1 N–H and O–H groups in total. The molecule has 2 aromatic rings. The van der Waals surface area contributed by atoms with Gasteiger partial charge in [0, 0.05) is 25.4 Å². The number of aromatic nitrogens is 2. The molecule has 16 heavy (non-hydrogen) atoms. The van der Waals surface area contributed by atoms with Gasteiger partial charge in [-0.25, -0.2) is 0 Å². The number of anilines is 1. The van der Waals surface area contributed by atoms with Crippen LogP contribution in [0.3, 0.4) is 0 Å². The van der Waals surface area contributed by atoms with Crippen LogP contribution in [0, 0.1) is 0 Å². The highest BCUT2D eigenvalue weighted by molar-refractivity contribution is 5.93. The lowest BCUT2D eigenvalue weighted by Gasteiger charge is -2.09. The molecule has 0 radical (unpaired) electrons. The molecule has 0 aliphatic heterocycles. The first-order valence-corrected chi connectivity index (χ1v) is 4.77. The molecule has 5 heteroatoms. The zero-order valence-corrected chi connectivity index (χ0v) is 9.02. The normalized spacial score (nSPS) is 10.1. The van der Waals surface area contributed by atoms with E-state index in [0.717, 1.165) is 5.52 Å². The van der Waals surface area contributed by atoms with Gasteiger partial charge < -0.3 is 10.1 Å². The minimum Gasteiger partial charge on any atom is -0.494 e. The van der Waals surface area contributed by atoms with Crippen LogP contribution in [0.2, 0.25) is 0 Å². The van der Waals surface area contributed by atoms with E-state index in [1.165, 1.54) is 6.92 Å². The van der Waals surface area contributed by atoms with Crippen molar-refractivity contribution in [1.29, 1.82) is 0 Å². The average Bonchev–Trinajstić information content (AvgIpc) is 2.27. The average molecular weight is 217 g/mol. The summed E-state index contributed by atoms with van der Waals surface area (Å²) in [5, 5.41) is 2.68. The highest BCUT2D eigenvalue weighted by atomic mass is 16.5. The van der Waals surface area contributed by atoms with Gasteiger partial charge >= 0.3 is 0 Å². The van der Waals surface area contributed by atoms with Crippen LogP contribution in [0.5, 0.6) is 5.75 Å². The third-order valence-corrected chi connectivity index (χ3v) is 2.10. The maximum Gasteiger partial charge on any atom is 0.221 e. The van der Waals surface area contributed by atoms with E-state index in [4.69, 9.17) is 4.74 Å². The monoisotopic (exact) mass is 217 g/mol. The first kappa shape index (κ1) is 10.4. The summed E-state index contributed by atoms with van der Waals surface area (Å²) < 4.78 is 5.17. The second-order valence-corrected chi connectivity index (χ2v) is 3.28. The van der Waals surface area contributed by atoms with Crippen molar-refractivity contribution >= 4 is 22.6 Å². The topological polar surface area (TPSA) is 64.1 Å². The van der Waals surface area contributed by atoms with E-state index in [-0.39, 0.29) is 5.91 Å². The van der Waals surface area contributed by atoms with Gasteiger partial charge in [-0.05, 0) is 6.07 Å². The molecule has 2 rings (SSSR count). The number of hydrogen-bond donors (Lipinski definition) is 1. The van der Waals surface area contributed by atoms with Crippen molar-refractivity contribution in [3.05, 3.63) is 24.5 Å². The van der Waals surface area contributed by atoms with Crippen LogP contribution in [-0.2, 0) is 4.79 Å². The van der Waals surface area contributed by atoms with Crippen molar-refractivity contribution in [2.24, 2.45) is 0 Å². The van der Waals surface area contributed by atoms with Crippen LogP contribution in [0.1, 0.15) is 6.92 Å². The molecule has 0 aliphatic rings. The van der Waals surface area contributed by atoms with Crippen molar-refractivity contribution in [2.45, 2.75) is 6.92 Å². The molecule has 0 fully saturated rings. The highest BCUT2D eigenvalue weighted by Crippen LogP contribution is 2.28. The number of benzene rings is 1. The van der Waals surface area contributed by atoms with Gasteiger partial charge in [0.2, 0.25) is 5.91 Å². The van der Waals surface area contributed by atoms with Crippen LogP contribution in [0.4, 0.5) is 5.69 Å². The van der Waals surface area contributed by atoms with Crippen molar-refractivity contribution in [1.82, 2.24) is 9.97 Å². The maximum atomic E-state index is 11.0. The number of rotatable bonds is 2. The van der Waals surface area contributed by atoms with Gasteiger partial charge in [0.15, 0.2) is 0 Å². The summed E-state index contributed by atoms with van der Waals surface area (Å²) >= 11 is 0. The molecule has 1 amide bonds. The molecule has 1 aromatic carbocycles. The predicted octanol–water partition coefficient (Wildman–Crippen LogP) is 1.60. The lowest BCUT2D eigenvalue weighted by atomic mass is 10.2. The standard InChI is InChI=1S/C11H11N3O2/c1-7(15)14-10-5-8-9(6-11(10)16-2)13-4-3-12-8/h3-6H,1-2H3,(H,14,15). The van der Waals surface area contributed by atoms with E-state index >= 15 is 0 Å². The lowest BCUT2D eigenvalue weighted by Crippen LogP contribution is -2.07. The molecule has 82 valence electrons. The summed E-state index contributed by atoms with van der Waals surface area (Å²) in [5.41, 5.74) is 2.04. The number of ether oxygens (including phenoxy) is 1. The summed E-state index contributed by atoms with van der Waals surface area (Å²) in [6, 6.07) is 3.48. The Bertz CT molecular complexity index is 540. The van der Waals surface area contributed by atoms with E-state index < -0.39 is 0 Å². The molecule has 0 unspecified atom stereocenters. The van der Waals surface area contributed by atoms with Gasteiger partial charge in [0.1, 0.15) is 5.75 Å². The maximum absolute atomic E-state index is 11.0. The van der Waals surface area contributed by atoms with Gasteiger partial charge in [0.05, 0.1) is 23.8 Å². The van der Waals surface area contributed by atoms with Crippen LogP contribution >= 0.6 is 0 Å². The molecule has 0 atom stereocenters. The fourth-order valence-corrected chi connectivity index (χ4v) is 1.45. The molecule has 0 aliphatic carbocycles. The van der Waals surface area contributed by atoms with E-state index in [0.29, 0.717) is 17.0 Å². The molecule has 0 bridgehead atoms. The van der Waals surface area contributed by atoms with Gasteiger partial charge in [-0.3, -0.25) is 14.8 Å².